The monoisotopic (exact) mass is 404 g/mol. The molecule has 1 aromatic carbocycles. The number of benzene rings is 1. The van der Waals surface area contributed by atoms with E-state index < -0.39 is 14.8 Å². The summed E-state index contributed by atoms with van der Waals surface area (Å²) in [7, 11) is -3.12. The van der Waals surface area contributed by atoms with Gasteiger partial charge in [0, 0.05) is 24.2 Å². The SMILES string of the molecule is CC[C@H](C)N(C(=O)COc1ccc([N+](=O)[O-])cc1Cl)[C@H]1CCS(=O)(=O)C1. The summed E-state index contributed by atoms with van der Waals surface area (Å²) in [6.07, 6.45) is 1.09. The molecule has 8 nitrogen and oxygen atoms in total. The Morgan fingerprint density at radius 3 is 2.69 bits per heavy atom. The molecule has 1 saturated heterocycles. The zero-order chi connectivity index (χ0) is 19.5. The molecule has 0 aromatic heterocycles. The van der Waals surface area contributed by atoms with Crippen molar-refractivity contribution in [2.24, 2.45) is 0 Å². The molecule has 1 aliphatic heterocycles. The van der Waals surface area contributed by atoms with Crippen LogP contribution < -0.4 is 4.74 Å². The molecule has 0 radical (unpaired) electrons. The van der Waals surface area contributed by atoms with Crippen molar-refractivity contribution in [1.29, 1.82) is 0 Å². The predicted octanol–water partition coefficient (Wildman–Crippen LogP) is 2.44. The zero-order valence-corrected chi connectivity index (χ0v) is 16.1. The van der Waals surface area contributed by atoms with Gasteiger partial charge in [0.05, 0.1) is 21.5 Å². The second-order valence-electron chi connectivity index (χ2n) is 6.28. The average Bonchev–Trinajstić information content (AvgIpc) is 2.92. The fourth-order valence-corrected chi connectivity index (χ4v) is 4.88. The molecule has 2 atom stereocenters. The normalized spacial score (nSPS) is 19.7. The molecule has 2 rings (SSSR count). The molecular weight excluding hydrogens is 384 g/mol. The average molecular weight is 405 g/mol. The smallest absolute Gasteiger partial charge is 0.271 e. The molecule has 26 heavy (non-hydrogen) atoms. The number of rotatable bonds is 7. The zero-order valence-electron chi connectivity index (χ0n) is 14.6. The van der Waals surface area contributed by atoms with Crippen LogP contribution in [0, 0.1) is 10.1 Å². The summed E-state index contributed by atoms with van der Waals surface area (Å²) < 4.78 is 28.9. The molecule has 0 spiro atoms. The number of hydrogen-bond acceptors (Lipinski definition) is 6. The second-order valence-corrected chi connectivity index (χ2v) is 8.91. The van der Waals surface area contributed by atoms with Crippen molar-refractivity contribution in [2.75, 3.05) is 18.1 Å². The number of non-ortho nitro benzene ring substituents is 1. The summed E-state index contributed by atoms with van der Waals surface area (Å²) in [4.78, 5) is 24.4. The molecule has 1 aromatic rings. The van der Waals surface area contributed by atoms with Gasteiger partial charge in [-0.15, -0.1) is 0 Å². The maximum atomic E-state index is 12.7. The Balaban J connectivity index is 2.09. The van der Waals surface area contributed by atoms with Crippen molar-refractivity contribution in [3.05, 3.63) is 33.3 Å². The summed E-state index contributed by atoms with van der Waals surface area (Å²) in [5.74, 6) is -0.140. The Morgan fingerprint density at radius 2 is 2.19 bits per heavy atom. The van der Waals surface area contributed by atoms with Crippen molar-refractivity contribution in [3.63, 3.8) is 0 Å². The van der Waals surface area contributed by atoms with E-state index in [2.05, 4.69) is 0 Å². The van der Waals surface area contributed by atoms with Crippen LogP contribution in [0.15, 0.2) is 18.2 Å². The lowest BCUT2D eigenvalue weighted by Crippen LogP contribution is -2.48. The van der Waals surface area contributed by atoms with Gasteiger partial charge in [-0.25, -0.2) is 8.42 Å². The van der Waals surface area contributed by atoms with E-state index >= 15 is 0 Å². The van der Waals surface area contributed by atoms with Gasteiger partial charge in [-0.3, -0.25) is 14.9 Å². The van der Waals surface area contributed by atoms with Crippen LogP contribution in [0.25, 0.3) is 0 Å². The molecule has 0 bridgehead atoms. The number of carbonyl (C=O) groups is 1. The van der Waals surface area contributed by atoms with Crippen molar-refractivity contribution in [2.45, 2.75) is 38.8 Å². The number of nitrogens with zero attached hydrogens (tertiary/aromatic N) is 2. The largest absolute Gasteiger partial charge is 0.482 e. The molecule has 0 saturated carbocycles. The van der Waals surface area contributed by atoms with Crippen LogP contribution in [-0.2, 0) is 14.6 Å². The van der Waals surface area contributed by atoms with E-state index in [1.165, 1.54) is 12.1 Å². The summed E-state index contributed by atoms with van der Waals surface area (Å²) in [5, 5.41) is 10.8. The number of halogens is 1. The van der Waals surface area contributed by atoms with Crippen LogP contribution in [0.3, 0.4) is 0 Å². The molecule has 144 valence electrons. The minimum atomic E-state index is -3.12. The number of carbonyl (C=O) groups excluding carboxylic acids is 1. The second kappa shape index (κ2) is 8.22. The Kier molecular flexibility index (Phi) is 6.46. The molecule has 1 heterocycles. The van der Waals surface area contributed by atoms with Gasteiger partial charge in [0.2, 0.25) is 0 Å². The van der Waals surface area contributed by atoms with Crippen LogP contribution in [0.4, 0.5) is 5.69 Å². The minimum Gasteiger partial charge on any atom is -0.482 e. The van der Waals surface area contributed by atoms with Crippen LogP contribution in [0.2, 0.25) is 5.02 Å². The third-order valence-corrected chi connectivity index (χ3v) is 6.48. The van der Waals surface area contributed by atoms with Crippen LogP contribution in [0.5, 0.6) is 5.75 Å². The van der Waals surface area contributed by atoms with E-state index in [1.54, 1.807) is 4.90 Å². The highest BCUT2D eigenvalue weighted by molar-refractivity contribution is 7.91. The maximum Gasteiger partial charge on any atom is 0.271 e. The summed E-state index contributed by atoms with van der Waals surface area (Å²) in [5.41, 5.74) is -0.175. The Bertz CT molecular complexity index is 798. The predicted molar refractivity (Wildman–Crippen MR) is 97.3 cm³/mol. The fourth-order valence-electron chi connectivity index (χ4n) is 2.94. The number of nitro benzene ring substituents is 1. The van der Waals surface area contributed by atoms with E-state index in [0.717, 1.165) is 6.07 Å². The van der Waals surface area contributed by atoms with Gasteiger partial charge in [0.15, 0.2) is 16.4 Å². The standard InChI is InChI=1S/C16H21ClN2O6S/c1-3-11(2)18(13-6-7-26(23,24)10-13)16(20)9-25-15-5-4-12(19(21)22)8-14(15)17/h4-5,8,11,13H,3,6-7,9-10H2,1-2H3/t11-,13-/m0/s1. The topological polar surface area (TPSA) is 107 Å². The summed E-state index contributed by atoms with van der Waals surface area (Å²) >= 11 is 5.96. The van der Waals surface area contributed by atoms with E-state index in [9.17, 15) is 23.3 Å². The molecule has 0 N–H and O–H groups in total. The number of nitro groups is 1. The summed E-state index contributed by atoms with van der Waals surface area (Å²) in [6.45, 7) is 3.46. The highest BCUT2D eigenvalue weighted by atomic mass is 35.5. The first-order valence-corrected chi connectivity index (χ1v) is 10.4. The lowest BCUT2D eigenvalue weighted by molar-refractivity contribution is -0.384. The maximum absolute atomic E-state index is 12.7. The van der Waals surface area contributed by atoms with Gasteiger partial charge < -0.3 is 9.64 Å². The van der Waals surface area contributed by atoms with E-state index in [4.69, 9.17) is 16.3 Å². The molecule has 1 aliphatic rings. The molecule has 10 heteroatoms. The number of ether oxygens (including phenoxy) is 1. The van der Waals surface area contributed by atoms with E-state index in [0.29, 0.717) is 12.8 Å². The van der Waals surface area contributed by atoms with Crippen molar-refractivity contribution < 1.29 is 22.9 Å². The van der Waals surface area contributed by atoms with Crippen LogP contribution in [0.1, 0.15) is 26.7 Å². The molecule has 1 fully saturated rings. The Hall–Kier alpha value is -1.87. The minimum absolute atomic E-state index is 0.0329. The first-order valence-electron chi connectivity index (χ1n) is 8.23. The Morgan fingerprint density at radius 1 is 1.50 bits per heavy atom. The van der Waals surface area contributed by atoms with Gasteiger partial charge in [-0.05, 0) is 25.8 Å². The van der Waals surface area contributed by atoms with Gasteiger partial charge in [-0.1, -0.05) is 18.5 Å². The third-order valence-electron chi connectivity index (χ3n) is 4.43. The van der Waals surface area contributed by atoms with E-state index in [-0.39, 0.29) is 52.6 Å². The third kappa shape index (κ3) is 4.85. The van der Waals surface area contributed by atoms with Gasteiger partial charge in [0.1, 0.15) is 5.75 Å². The fraction of sp³-hybridized carbons (Fsp3) is 0.562. The summed E-state index contributed by atoms with van der Waals surface area (Å²) in [6, 6.07) is 3.23. The van der Waals surface area contributed by atoms with Crippen LogP contribution in [-0.4, -0.2) is 54.3 Å². The van der Waals surface area contributed by atoms with Crippen molar-refractivity contribution >= 4 is 33.0 Å². The molecule has 0 unspecified atom stereocenters. The van der Waals surface area contributed by atoms with Crippen molar-refractivity contribution in [3.8, 4) is 5.75 Å². The highest BCUT2D eigenvalue weighted by Crippen LogP contribution is 2.29. The number of hydrogen-bond donors (Lipinski definition) is 0. The van der Waals surface area contributed by atoms with Gasteiger partial charge >= 0.3 is 0 Å². The van der Waals surface area contributed by atoms with Gasteiger partial charge in [-0.2, -0.15) is 0 Å². The quantitative estimate of drug-likeness (QED) is 0.510. The number of sulfone groups is 1. The highest BCUT2D eigenvalue weighted by Gasteiger charge is 2.36. The Labute approximate surface area is 157 Å². The number of amides is 1. The van der Waals surface area contributed by atoms with Crippen LogP contribution >= 0.6 is 11.6 Å². The first-order chi connectivity index (χ1) is 12.1. The van der Waals surface area contributed by atoms with Crippen molar-refractivity contribution in [1.82, 2.24) is 4.90 Å². The molecular formula is C16H21ClN2O6S. The molecule has 1 amide bonds. The lowest BCUT2D eigenvalue weighted by atomic mass is 10.1. The van der Waals surface area contributed by atoms with Gasteiger partial charge in [0.25, 0.3) is 11.6 Å². The van der Waals surface area contributed by atoms with E-state index in [1.807, 2.05) is 13.8 Å². The first kappa shape index (κ1) is 20.4. The lowest BCUT2D eigenvalue weighted by Gasteiger charge is -2.33. The molecule has 0 aliphatic carbocycles.